The molecule has 2 N–H and O–H groups in total. The SMILES string of the molecule is CCC[C@H]1NCCO[C@@]1(O)c1ccccc1. The van der Waals surface area contributed by atoms with Crippen LogP contribution in [-0.2, 0) is 10.5 Å². The van der Waals surface area contributed by atoms with Crippen LogP contribution in [0.4, 0.5) is 0 Å². The van der Waals surface area contributed by atoms with E-state index in [0.717, 1.165) is 24.9 Å². The minimum absolute atomic E-state index is 0.0198. The van der Waals surface area contributed by atoms with Gasteiger partial charge in [-0.25, -0.2) is 0 Å². The third-order valence-electron chi connectivity index (χ3n) is 3.05. The van der Waals surface area contributed by atoms with Crippen molar-refractivity contribution >= 4 is 0 Å². The van der Waals surface area contributed by atoms with Crippen LogP contribution in [0, 0.1) is 0 Å². The molecule has 0 saturated carbocycles. The Morgan fingerprint density at radius 2 is 2.19 bits per heavy atom. The molecule has 1 aromatic carbocycles. The van der Waals surface area contributed by atoms with Crippen molar-refractivity contribution in [2.24, 2.45) is 0 Å². The van der Waals surface area contributed by atoms with Crippen LogP contribution in [0.15, 0.2) is 30.3 Å². The van der Waals surface area contributed by atoms with E-state index < -0.39 is 5.79 Å². The molecule has 0 unspecified atom stereocenters. The van der Waals surface area contributed by atoms with E-state index >= 15 is 0 Å². The molecule has 0 spiro atoms. The molecule has 1 aliphatic heterocycles. The van der Waals surface area contributed by atoms with Gasteiger partial charge in [0, 0.05) is 12.1 Å². The lowest BCUT2D eigenvalue weighted by molar-refractivity contribution is -0.249. The number of morpholine rings is 1. The first-order valence-electron chi connectivity index (χ1n) is 5.92. The Bertz CT molecular complexity index is 326. The first-order valence-corrected chi connectivity index (χ1v) is 5.92. The number of rotatable bonds is 3. The summed E-state index contributed by atoms with van der Waals surface area (Å²) in [5, 5.41) is 14.0. The highest BCUT2D eigenvalue weighted by atomic mass is 16.6. The molecule has 1 aliphatic rings. The highest BCUT2D eigenvalue weighted by Gasteiger charge is 2.41. The van der Waals surface area contributed by atoms with Gasteiger partial charge in [0.25, 0.3) is 0 Å². The van der Waals surface area contributed by atoms with E-state index in [0.29, 0.717) is 6.61 Å². The van der Waals surface area contributed by atoms with Crippen molar-refractivity contribution in [1.82, 2.24) is 5.32 Å². The maximum absolute atomic E-state index is 10.6. The summed E-state index contributed by atoms with van der Waals surface area (Å²) in [6, 6.07) is 9.60. The summed E-state index contributed by atoms with van der Waals surface area (Å²) < 4.78 is 5.61. The molecule has 1 fully saturated rings. The zero-order valence-electron chi connectivity index (χ0n) is 9.65. The summed E-state index contributed by atoms with van der Waals surface area (Å²) >= 11 is 0. The Morgan fingerprint density at radius 3 is 2.88 bits per heavy atom. The lowest BCUT2D eigenvalue weighted by Gasteiger charge is -2.40. The van der Waals surface area contributed by atoms with Crippen LogP contribution in [0.5, 0.6) is 0 Å². The van der Waals surface area contributed by atoms with Gasteiger partial charge in [-0.3, -0.25) is 0 Å². The summed E-state index contributed by atoms with van der Waals surface area (Å²) in [5.74, 6) is -1.17. The maximum atomic E-state index is 10.6. The topological polar surface area (TPSA) is 41.5 Å². The maximum Gasteiger partial charge on any atom is 0.208 e. The second kappa shape index (κ2) is 4.95. The van der Waals surface area contributed by atoms with Gasteiger partial charge in [0.15, 0.2) is 0 Å². The highest BCUT2D eigenvalue weighted by Crippen LogP contribution is 2.30. The standard InChI is InChI=1S/C13H19NO2/c1-2-6-12-13(15,16-10-9-14-12)11-7-4-3-5-8-11/h3-5,7-8,12,14-15H,2,6,9-10H2,1H3/t12-,13+/m1/s1. The number of benzene rings is 1. The fourth-order valence-corrected chi connectivity index (χ4v) is 2.23. The number of nitrogens with one attached hydrogen (secondary N) is 1. The van der Waals surface area contributed by atoms with Crippen molar-refractivity contribution < 1.29 is 9.84 Å². The molecule has 3 nitrogen and oxygen atoms in total. The molecule has 3 heteroatoms. The van der Waals surface area contributed by atoms with Crippen LogP contribution in [0.2, 0.25) is 0 Å². The Balaban J connectivity index is 2.26. The number of ether oxygens (including phenoxy) is 1. The molecular weight excluding hydrogens is 202 g/mol. The molecule has 1 saturated heterocycles. The van der Waals surface area contributed by atoms with Crippen LogP contribution < -0.4 is 5.32 Å². The first-order chi connectivity index (χ1) is 7.77. The van der Waals surface area contributed by atoms with Crippen molar-refractivity contribution in [2.75, 3.05) is 13.2 Å². The molecule has 0 radical (unpaired) electrons. The number of hydrogen-bond acceptors (Lipinski definition) is 3. The molecule has 0 aliphatic carbocycles. The van der Waals surface area contributed by atoms with Gasteiger partial charge in [0.1, 0.15) is 0 Å². The van der Waals surface area contributed by atoms with E-state index in [4.69, 9.17) is 4.74 Å². The van der Waals surface area contributed by atoms with Crippen LogP contribution in [-0.4, -0.2) is 24.3 Å². The second-order valence-electron chi connectivity index (χ2n) is 4.21. The fourth-order valence-electron chi connectivity index (χ4n) is 2.23. The van der Waals surface area contributed by atoms with Crippen LogP contribution in [0.25, 0.3) is 0 Å². The van der Waals surface area contributed by atoms with Crippen LogP contribution >= 0.6 is 0 Å². The average Bonchev–Trinajstić information content (AvgIpc) is 2.34. The van der Waals surface area contributed by atoms with Gasteiger partial charge in [0.2, 0.25) is 5.79 Å². The Morgan fingerprint density at radius 1 is 1.44 bits per heavy atom. The van der Waals surface area contributed by atoms with Gasteiger partial charge in [-0.2, -0.15) is 0 Å². The monoisotopic (exact) mass is 221 g/mol. The Kier molecular flexibility index (Phi) is 3.59. The Hall–Kier alpha value is -0.900. The van der Waals surface area contributed by atoms with Crippen LogP contribution in [0.1, 0.15) is 25.3 Å². The largest absolute Gasteiger partial charge is 0.361 e. The molecule has 2 rings (SSSR count). The Labute approximate surface area is 96.4 Å². The predicted octanol–water partition coefficient (Wildman–Crippen LogP) is 1.62. The number of aliphatic hydroxyl groups is 1. The minimum atomic E-state index is -1.17. The van der Waals surface area contributed by atoms with Crippen molar-refractivity contribution in [1.29, 1.82) is 0 Å². The molecule has 16 heavy (non-hydrogen) atoms. The van der Waals surface area contributed by atoms with Gasteiger partial charge >= 0.3 is 0 Å². The van der Waals surface area contributed by atoms with Crippen molar-refractivity contribution in [2.45, 2.75) is 31.6 Å². The summed E-state index contributed by atoms with van der Waals surface area (Å²) in [6.07, 6.45) is 1.93. The summed E-state index contributed by atoms with van der Waals surface area (Å²) in [5.41, 5.74) is 0.834. The van der Waals surface area contributed by atoms with E-state index in [2.05, 4.69) is 12.2 Å². The van der Waals surface area contributed by atoms with Gasteiger partial charge < -0.3 is 15.2 Å². The third-order valence-corrected chi connectivity index (χ3v) is 3.05. The van der Waals surface area contributed by atoms with Gasteiger partial charge in [0.05, 0.1) is 12.6 Å². The van der Waals surface area contributed by atoms with Gasteiger partial charge in [-0.05, 0) is 6.42 Å². The minimum Gasteiger partial charge on any atom is -0.361 e. The summed E-state index contributed by atoms with van der Waals surface area (Å²) in [7, 11) is 0. The van der Waals surface area contributed by atoms with E-state index in [9.17, 15) is 5.11 Å². The second-order valence-corrected chi connectivity index (χ2v) is 4.21. The van der Waals surface area contributed by atoms with E-state index in [1.807, 2.05) is 30.3 Å². The molecule has 1 aromatic rings. The van der Waals surface area contributed by atoms with Crippen molar-refractivity contribution in [3.8, 4) is 0 Å². The lowest BCUT2D eigenvalue weighted by Crippen LogP contribution is -2.55. The fraction of sp³-hybridized carbons (Fsp3) is 0.538. The predicted molar refractivity (Wildman–Crippen MR) is 63.0 cm³/mol. The smallest absolute Gasteiger partial charge is 0.208 e. The zero-order valence-corrected chi connectivity index (χ0v) is 9.65. The summed E-state index contributed by atoms with van der Waals surface area (Å²) in [6.45, 7) is 3.47. The molecule has 0 aromatic heterocycles. The van der Waals surface area contributed by atoms with Crippen molar-refractivity contribution in [3.05, 3.63) is 35.9 Å². The molecular formula is C13H19NO2. The average molecular weight is 221 g/mol. The first kappa shape index (κ1) is 11.6. The van der Waals surface area contributed by atoms with E-state index in [-0.39, 0.29) is 6.04 Å². The lowest BCUT2D eigenvalue weighted by atomic mass is 9.93. The van der Waals surface area contributed by atoms with Crippen LogP contribution in [0.3, 0.4) is 0 Å². The van der Waals surface area contributed by atoms with Gasteiger partial charge in [-0.1, -0.05) is 43.7 Å². The van der Waals surface area contributed by atoms with E-state index in [1.54, 1.807) is 0 Å². The number of hydrogen-bond donors (Lipinski definition) is 2. The molecule has 1 heterocycles. The molecule has 0 amide bonds. The highest BCUT2D eigenvalue weighted by molar-refractivity contribution is 5.22. The molecule has 88 valence electrons. The van der Waals surface area contributed by atoms with E-state index in [1.165, 1.54) is 0 Å². The van der Waals surface area contributed by atoms with Crippen molar-refractivity contribution in [3.63, 3.8) is 0 Å². The molecule has 0 bridgehead atoms. The molecule has 2 atom stereocenters. The zero-order chi connectivity index (χ0) is 11.4. The quantitative estimate of drug-likeness (QED) is 0.815. The summed E-state index contributed by atoms with van der Waals surface area (Å²) in [4.78, 5) is 0. The third kappa shape index (κ3) is 2.12. The van der Waals surface area contributed by atoms with Gasteiger partial charge in [-0.15, -0.1) is 0 Å². The normalized spacial score (nSPS) is 30.2.